The summed E-state index contributed by atoms with van der Waals surface area (Å²) in [6.07, 6.45) is -0.481. The highest BCUT2D eigenvalue weighted by Crippen LogP contribution is 2.44. The van der Waals surface area contributed by atoms with Crippen LogP contribution in [-0.2, 0) is 19.1 Å². The summed E-state index contributed by atoms with van der Waals surface area (Å²) in [5.41, 5.74) is 3.93. The van der Waals surface area contributed by atoms with E-state index in [9.17, 15) is 14.4 Å². The van der Waals surface area contributed by atoms with Crippen molar-refractivity contribution >= 4 is 17.8 Å². The van der Waals surface area contributed by atoms with Gasteiger partial charge in [-0.3, -0.25) is 9.59 Å². The molecule has 6 nitrogen and oxygen atoms in total. The second-order valence-corrected chi connectivity index (χ2v) is 8.76. The second-order valence-electron chi connectivity index (χ2n) is 8.76. The fraction of sp³-hybridized carbons (Fsp3) is 0.400. The van der Waals surface area contributed by atoms with E-state index >= 15 is 0 Å². The molecule has 2 aromatic rings. The molecule has 0 unspecified atom stereocenters. The first-order valence-electron chi connectivity index (χ1n) is 10.5. The SMILES string of the molecule is CC(=O)[C@@H](CCC(=O)OC(C)(C)C)NC(=O)OCC1c2ccccc2-c2ccccc21. The van der Waals surface area contributed by atoms with E-state index in [0.29, 0.717) is 0 Å². The lowest BCUT2D eigenvalue weighted by Gasteiger charge is -2.21. The predicted octanol–water partition coefficient (Wildman–Crippen LogP) is 4.60. The Kier molecular flexibility index (Phi) is 6.78. The summed E-state index contributed by atoms with van der Waals surface area (Å²) in [6, 6.07) is 15.3. The maximum atomic E-state index is 12.4. The Bertz CT molecular complexity index is 930. The average molecular weight is 424 g/mol. The third-order valence-corrected chi connectivity index (χ3v) is 5.18. The number of ketones is 1. The summed E-state index contributed by atoms with van der Waals surface area (Å²) in [6.45, 7) is 6.88. The Hall–Kier alpha value is -3.15. The maximum absolute atomic E-state index is 12.4. The fourth-order valence-electron chi connectivity index (χ4n) is 3.81. The summed E-state index contributed by atoms with van der Waals surface area (Å²) < 4.78 is 10.7. The van der Waals surface area contributed by atoms with Crippen molar-refractivity contribution in [2.75, 3.05) is 6.61 Å². The van der Waals surface area contributed by atoms with E-state index in [1.54, 1.807) is 20.8 Å². The number of hydrogen-bond acceptors (Lipinski definition) is 5. The minimum atomic E-state index is -0.803. The molecule has 0 aromatic heterocycles. The van der Waals surface area contributed by atoms with Crippen molar-refractivity contribution in [1.82, 2.24) is 5.32 Å². The topological polar surface area (TPSA) is 81.7 Å². The van der Waals surface area contributed by atoms with Crippen molar-refractivity contribution in [2.45, 2.75) is 58.1 Å². The largest absolute Gasteiger partial charge is 0.460 e. The molecule has 2 aromatic carbocycles. The molecule has 3 rings (SSSR count). The molecule has 31 heavy (non-hydrogen) atoms. The minimum absolute atomic E-state index is 0.0329. The Balaban J connectivity index is 1.59. The number of carbonyl (C=O) groups is 3. The third kappa shape index (κ3) is 5.72. The van der Waals surface area contributed by atoms with Gasteiger partial charge < -0.3 is 14.8 Å². The Morgan fingerprint density at radius 1 is 0.968 bits per heavy atom. The van der Waals surface area contributed by atoms with Gasteiger partial charge in [0.1, 0.15) is 12.2 Å². The molecule has 0 saturated heterocycles. The molecular weight excluding hydrogens is 394 g/mol. The molecule has 0 aliphatic heterocycles. The Morgan fingerprint density at radius 3 is 2.03 bits per heavy atom. The van der Waals surface area contributed by atoms with Gasteiger partial charge in [-0.25, -0.2) is 4.79 Å². The van der Waals surface area contributed by atoms with Gasteiger partial charge in [0.25, 0.3) is 0 Å². The minimum Gasteiger partial charge on any atom is -0.460 e. The summed E-state index contributed by atoms with van der Waals surface area (Å²) in [4.78, 5) is 36.3. The first-order valence-corrected chi connectivity index (χ1v) is 10.5. The second kappa shape index (κ2) is 9.33. The lowest BCUT2D eigenvalue weighted by atomic mass is 9.98. The van der Waals surface area contributed by atoms with E-state index in [-0.39, 0.29) is 31.1 Å². The highest BCUT2D eigenvalue weighted by Gasteiger charge is 2.29. The number of rotatable bonds is 7. The first-order chi connectivity index (χ1) is 14.7. The van der Waals surface area contributed by atoms with Gasteiger partial charge in [-0.05, 0) is 56.4 Å². The van der Waals surface area contributed by atoms with Crippen molar-refractivity contribution in [3.8, 4) is 11.1 Å². The van der Waals surface area contributed by atoms with Crippen LogP contribution in [0.15, 0.2) is 48.5 Å². The smallest absolute Gasteiger partial charge is 0.407 e. The molecule has 1 aliphatic rings. The molecule has 0 fully saturated rings. The van der Waals surface area contributed by atoms with Gasteiger partial charge in [-0.2, -0.15) is 0 Å². The van der Waals surface area contributed by atoms with Crippen LogP contribution in [-0.4, -0.2) is 36.1 Å². The number of nitrogens with one attached hydrogen (secondary N) is 1. The van der Waals surface area contributed by atoms with Gasteiger partial charge in [-0.15, -0.1) is 0 Å². The molecule has 164 valence electrons. The Labute approximate surface area is 182 Å². The molecule has 1 N–H and O–H groups in total. The van der Waals surface area contributed by atoms with E-state index in [4.69, 9.17) is 9.47 Å². The number of alkyl carbamates (subject to hydrolysis) is 1. The van der Waals surface area contributed by atoms with Gasteiger partial charge in [0, 0.05) is 12.3 Å². The zero-order valence-electron chi connectivity index (χ0n) is 18.4. The molecular formula is C25H29NO5. The third-order valence-electron chi connectivity index (χ3n) is 5.18. The zero-order chi connectivity index (χ0) is 22.6. The standard InChI is InChI=1S/C25H29NO5/c1-16(27)22(13-14-23(28)31-25(2,3)4)26-24(29)30-15-21-19-11-7-5-9-17(19)18-10-6-8-12-20(18)21/h5-12,21-22H,13-15H2,1-4H3,(H,26,29)/t22-/m1/s1. The van der Waals surface area contributed by atoms with E-state index < -0.39 is 23.7 Å². The predicted molar refractivity (Wildman–Crippen MR) is 118 cm³/mol. The van der Waals surface area contributed by atoms with Crippen LogP contribution in [0.4, 0.5) is 4.79 Å². The first kappa shape index (κ1) is 22.5. The number of benzene rings is 2. The van der Waals surface area contributed by atoms with Crippen molar-refractivity contribution in [3.05, 3.63) is 59.7 Å². The summed E-state index contributed by atoms with van der Waals surface area (Å²) in [5, 5.41) is 2.59. The maximum Gasteiger partial charge on any atom is 0.407 e. The molecule has 1 aliphatic carbocycles. The van der Waals surface area contributed by atoms with Crippen molar-refractivity contribution in [3.63, 3.8) is 0 Å². The van der Waals surface area contributed by atoms with Crippen LogP contribution < -0.4 is 5.32 Å². The normalized spacial score (nSPS) is 13.7. The number of ether oxygens (including phenoxy) is 2. The van der Waals surface area contributed by atoms with Gasteiger partial charge in [0.15, 0.2) is 5.78 Å². The van der Waals surface area contributed by atoms with Crippen molar-refractivity contribution in [2.24, 2.45) is 0 Å². The summed E-state index contributed by atoms with van der Waals surface area (Å²) in [5.74, 6) is -0.708. The van der Waals surface area contributed by atoms with E-state index in [1.165, 1.54) is 6.92 Å². The molecule has 1 atom stereocenters. The summed E-state index contributed by atoms with van der Waals surface area (Å²) >= 11 is 0. The van der Waals surface area contributed by atoms with Crippen LogP contribution in [0.1, 0.15) is 57.6 Å². The highest BCUT2D eigenvalue weighted by molar-refractivity contribution is 5.86. The van der Waals surface area contributed by atoms with E-state index in [1.807, 2.05) is 36.4 Å². The summed E-state index contributed by atoms with van der Waals surface area (Å²) in [7, 11) is 0. The number of fused-ring (bicyclic) bond motifs is 3. The van der Waals surface area contributed by atoms with Gasteiger partial charge in [0.05, 0.1) is 6.04 Å². The van der Waals surface area contributed by atoms with Gasteiger partial charge in [0.2, 0.25) is 0 Å². The van der Waals surface area contributed by atoms with Gasteiger partial charge >= 0.3 is 12.1 Å². The average Bonchev–Trinajstić information content (AvgIpc) is 3.02. The molecule has 0 radical (unpaired) electrons. The van der Waals surface area contributed by atoms with Crippen LogP contribution in [0.2, 0.25) is 0 Å². The number of esters is 1. The van der Waals surface area contributed by atoms with Crippen LogP contribution >= 0.6 is 0 Å². The Morgan fingerprint density at radius 2 is 1.52 bits per heavy atom. The fourth-order valence-corrected chi connectivity index (χ4v) is 3.81. The van der Waals surface area contributed by atoms with Crippen LogP contribution in [0, 0.1) is 0 Å². The van der Waals surface area contributed by atoms with Gasteiger partial charge in [-0.1, -0.05) is 48.5 Å². The highest BCUT2D eigenvalue weighted by atomic mass is 16.6. The van der Waals surface area contributed by atoms with Crippen molar-refractivity contribution in [1.29, 1.82) is 0 Å². The number of amides is 1. The van der Waals surface area contributed by atoms with Crippen LogP contribution in [0.5, 0.6) is 0 Å². The molecule has 0 spiro atoms. The molecule has 0 heterocycles. The monoisotopic (exact) mass is 423 g/mol. The quantitative estimate of drug-likeness (QED) is 0.658. The van der Waals surface area contributed by atoms with E-state index in [0.717, 1.165) is 22.3 Å². The van der Waals surface area contributed by atoms with Crippen molar-refractivity contribution < 1.29 is 23.9 Å². The van der Waals surface area contributed by atoms with Crippen LogP contribution in [0.25, 0.3) is 11.1 Å². The molecule has 6 heteroatoms. The lowest BCUT2D eigenvalue weighted by molar-refractivity contribution is -0.155. The number of carbonyl (C=O) groups excluding carboxylic acids is 3. The number of Topliss-reactive ketones (excluding diaryl/α,β-unsaturated/α-hetero) is 1. The molecule has 0 bridgehead atoms. The zero-order valence-corrected chi connectivity index (χ0v) is 18.4. The number of hydrogen-bond donors (Lipinski definition) is 1. The van der Waals surface area contributed by atoms with E-state index in [2.05, 4.69) is 17.4 Å². The lowest BCUT2D eigenvalue weighted by Crippen LogP contribution is -2.41. The molecule has 1 amide bonds. The molecule has 0 saturated carbocycles. The van der Waals surface area contributed by atoms with Crippen LogP contribution in [0.3, 0.4) is 0 Å².